The van der Waals surface area contributed by atoms with E-state index in [4.69, 9.17) is 0 Å². The highest BCUT2D eigenvalue weighted by molar-refractivity contribution is 7.92. The fourth-order valence-corrected chi connectivity index (χ4v) is 4.28. The number of carbonyl (C=O) groups is 2. The molecule has 0 spiro atoms. The van der Waals surface area contributed by atoms with Crippen LogP contribution in [0.15, 0.2) is 42.5 Å². The number of nitrogens with one attached hydrogen (secondary N) is 1. The molecule has 0 fully saturated rings. The van der Waals surface area contributed by atoms with Crippen LogP contribution in [-0.4, -0.2) is 50.0 Å². The number of hydrogen-bond donors (Lipinski definition) is 1. The van der Waals surface area contributed by atoms with Crippen molar-refractivity contribution in [2.75, 3.05) is 17.1 Å². The Balaban J connectivity index is 2.45. The standard InChI is InChI=1S/C24H32FN3O4S/c1-16(2)26-24(30)19(5)27(14-20-9-7-8-10-21(20)25)23(29)15-28(33(6,31)32)22-13-17(3)11-12-18(22)4/h7-13,16,19H,14-15H2,1-6H3,(H,26,30)/t19-/m1/s1. The number of rotatable bonds is 9. The Labute approximate surface area is 195 Å². The number of anilines is 1. The lowest BCUT2D eigenvalue weighted by Crippen LogP contribution is -2.52. The first-order chi connectivity index (χ1) is 15.3. The Hall–Kier alpha value is -2.94. The molecule has 0 saturated carbocycles. The smallest absolute Gasteiger partial charge is 0.244 e. The Morgan fingerprint density at radius 1 is 1.06 bits per heavy atom. The van der Waals surface area contributed by atoms with E-state index >= 15 is 0 Å². The topological polar surface area (TPSA) is 86.8 Å². The van der Waals surface area contributed by atoms with E-state index in [0.717, 1.165) is 16.1 Å². The second-order valence-corrected chi connectivity index (χ2v) is 10.4. The lowest BCUT2D eigenvalue weighted by molar-refractivity contribution is -0.139. The van der Waals surface area contributed by atoms with Gasteiger partial charge in [-0.15, -0.1) is 0 Å². The van der Waals surface area contributed by atoms with Crippen molar-refractivity contribution in [3.05, 3.63) is 65.0 Å². The summed E-state index contributed by atoms with van der Waals surface area (Å²) in [7, 11) is -3.82. The maximum atomic E-state index is 14.4. The van der Waals surface area contributed by atoms with Gasteiger partial charge >= 0.3 is 0 Å². The molecule has 0 aliphatic carbocycles. The molecule has 7 nitrogen and oxygen atoms in total. The van der Waals surface area contributed by atoms with Crippen LogP contribution in [0, 0.1) is 19.7 Å². The fourth-order valence-electron chi connectivity index (χ4n) is 3.38. The molecule has 1 N–H and O–H groups in total. The average Bonchev–Trinajstić information content (AvgIpc) is 2.71. The van der Waals surface area contributed by atoms with Gasteiger partial charge in [0.05, 0.1) is 11.9 Å². The molecule has 33 heavy (non-hydrogen) atoms. The number of halogens is 1. The van der Waals surface area contributed by atoms with Crippen LogP contribution in [0.3, 0.4) is 0 Å². The number of carbonyl (C=O) groups excluding carboxylic acids is 2. The summed E-state index contributed by atoms with van der Waals surface area (Å²) in [6.45, 7) is 8.01. The SMILES string of the molecule is Cc1ccc(C)c(N(CC(=O)N(Cc2ccccc2F)[C@H](C)C(=O)NC(C)C)S(C)(=O)=O)c1. The molecule has 0 unspecified atom stereocenters. The minimum Gasteiger partial charge on any atom is -0.352 e. The summed E-state index contributed by atoms with van der Waals surface area (Å²) in [5, 5.41) is 2.75. The molecule has 0 aliphatic rings. The van der Waals surface area contributed by atoms with Crippen molar-refractivity contribution >= 4 is 27.5 Å². The van der Waals surface area contributed by atoms with Crippen LogP contribution in [0.2, 0.25) is 0 Å². The maximum Gasteiger partial charge on any atom is 0.244 e. The summed E-state index contributed by atoms with van der Waals surface area (Å²) in [4.78, 5) is 27.3. The molecule has 180 valence electrons. The van der Waals surface area contributed by atoms with Crippen LogP contribution in [0.5, 0.6) is 0 Å². The minimum atomic E-state index is -3.82. The van der Waals surface area contributed by atoms with Gasteiger partial charge in [-0.25, -0.2) is 12.8 Å². The predicted molar refractivity (Wildman–Crippen MR) is 128 cm³/mol. The lowest BCUT2D eigenvalue weighted by Gasteiger charge is -2.32. The molecule has 0 saturated heterocycles. The Kier molecular flexibility index (Phi) is 8.60. The van der Waals surface area contributed by atoms with E-state index in [1.54, 1.807) is 45.9 Å². The third kappa shape index (κ3) is 7.02. The third-order valence-corrected chi connectivity index (χ3v) is 6.34. The zero-order chi connectivity index (χ0) is 24.9. The van der Waals surface area contributed by atoms with E-state index in [1.807, 2.05) is 13.0 Å². The molecule has 2 rings (SSSR count). The average molecular weight is 478 g/mol. The van der Waals surface area contributed by atoms with Gasteiger partial charge in [0.15, 0.2) is 0 Å². The zero-order valence-corrected chi connectivity index (χ0v) is 20.7. The number of amides is 2. The highest BCUT2D eigenvalue weighted by Gasteiger charge is 2.31. The van der Waals surface area contributed by atoms with E-state index in [1.165, 1.54) is 23.1 Å². The second kappa shape index (κ2) is 10.8. The molecule has 0 aliphatic heterocycles. The first kappa shape index (κ1) is 26.3. The normalized spacial score (nSPS) is 12.4. The van der Waals surface area contributed by atoms with Crippen molar-refractivity contribution in [1.82, 2.24) is 10.2 Å². The summed E-state index contributed by atoms with van der Waals surface area (Å²) >= 11 is 0. The van der Waals surface area contributed by atoms with Gasteiger partial charge in [0, 0.05) is 18.2 Å². The molecule has 0 aromatic heterocycles. The fraction of sp³-hybridized carbons (Fsp3) is 0.417. The lowest BCUT2D eigenvalue weighted by atomic mass is 10.1. The largest absolute Gasteiger partial charge is 0.352 e. The summed E-state index contributed by atoms with van der Waals surface area (Å²) in [6.07, 6.45) is 1.03. The third-order valence-electron chi connectivity index (χ3n) is 5.21. The number of hydrogen-bond acceptors (Lipinski definition) is 4. The molecule has 2 aromatic carbocycles. The molecule has 2 aromatic rings. The summed E-state index contributed by atoms with van der Waals surface area (Å²) < 4.78 is 40.6. The molecule has 9 heteroatoms. The molecular formula is C24H32FN3O4S. The van der Waals surface area contributed by atoms with E-state index < -0.39 is 40.2 Å². The second-order valence-electron chi connectivity index (χ2n) is 8.51. The van der Waals surface area contributed by atoms with Crippen molar-refractivity contribution in [3.8, 4) is 0 Å². The highest BCUT2D eigenvalue weighted by atomic mass is 32.2. The van der Waals surface area contributed by atoms with Gasteiger partial charge < -0.3 is 10.2 Å². The van der Waals surface area contributed by atoms with Crippen LogP contribution in [0.4, 0.5) is 10.1 Å². The van der Waals surface area contributed by atoms with Crippen molar-refractivity contribution in [1.29, 1.82) is 0 Å². The number of nitrogens with zero attached hydrogens (tertiary/aromatic N) is 2. The molecule has 0 heterocycles. The van der Waals surface area contributed by atoms with Gasteiger partial charge in [-0.05, 0) is 57.9 Å². The van der Waals surface area contributed by atoms with Crippen LogP contribution >= 0.6 is 0 Å². The molecule has 1 atom stereocenters. The molecule has 0 bridgehead atoms. The van der Waals surface area contributed by atoms with E-state index in [2.05, 4.69) is 5.32 Å². The van der Waals surface area contributed by atoms with Gasteiger partial charge in [-0.2, -0.15) is 0 Å². The number of sulfonamides is 1. The van der Waals surface area contributed by atoms with Gasteiger partial charge in [-0.1, -0.05) is 30.3 Å². The highest BCUT2D eigenvalue weighted by Crippen LogP contribution is 2.24. The summed E-state index contributed by atoms with van der Waals surface area (Å²) in [6, 6.07) is 10.2. The number of benzene rings is 2. The van der Waals surface area contributed by atoms with Crippen molar-refractivity contribution in [3.63, 3.8) is 0 Å². The van der Waals surface area contributed by atoms with Gasteiger partial charge in [-0.3, -0.25) is 13.9 Å². The Bertz CT molecular complexity index is 1120. The predicted octanol–water partition coefficient (Wildman–Crippen LogP) is 3.15. The van der Waals surface area contributed by atoms with Gasteiger partial charge in [0.2, 0.25) is 21.8 Å². The van der Waals surface area contributed by atoms with Crippen LogP contribution in [-0.2, 0) is 26.2 Å². The van der Waals surface area contributed by atoms with Gasteiger partial charge in [0.1, 0.15) is 18.4 Å². The monoisotopic (exact) mass is 477 g/mol. The first-order valence-electron chi connectivity index (χ1n) is 10.7. The Morgan fingerprint density at radius 3 is 2.27 bits per heavy atom. The van der Waals surface area contributed by atoms with E-state index in [9.17, 15) is 22.4 Å². The quantitative estimate of drug-likeness (QED) is 0.601. The van der Waals surface area contributed by atoms with E-state index in [0.29, 0.717) is 11.3 Å². The number of aryl methyl sites for hydroxylation is 2. The Morgan fingerprint density at radius 2 is 1.70 bits per heavy atom. The minimum absolute atomic E-state index is 0.159. The summed E-state index contributed by atoms with van der Waals surface area (Å²) in [5.74, 6) is -1.54. The maximum absolute atomic E-state index is 14.4. The first-order valence-corrected chi connectivity index (χ1v) is 12.5. The van der Waals surface area contributed by atoms with Crippen molar-refractivity contribution < 1.29 is 22.4 Å². The van der Waals surface area contributed by atoms with E-state index in [-0.39, 0.29) is 18.2 Å². The van der Waals surface area contributed by atoms with Crippen molar-refractivity contribution in [2.45, 2.75) is 53.2 Å². The molecular weight excluding hydrogens is 445 g/mol. The van der Waals surface area contributed by atoms with Crippen molar-refractivity contribution in [2.24, 2.45) is 0 Å². The zero-order valence-electron chi connectivity index (χ0n) is 19.9. The summed E-state index contributed by atoms with van der Waals surface area (Å²) in [5.41, 5.74) is 2.14. The molecule has 2 amide bonds. The van der Waals surface area contributed by atoms with Crippen LogP contribution < -0.4 is 9.62 Å². The van der Waals surface area contributed by atoms with Gasteiger partial charge in [0.25, 0.3) is 0 Å². The van der Waals surface area contributed by atoms with Crippen LogP contribution in [0.1, 0.15) is 37.5 Å². The van der Waals surface area contributed by atoms with Crippen LogP contribution in [0.25, 0.3) is 0 Å². The molecule has 0 radical (unpaired) electrons.